The van der Waals surface area contributed by atoms with Gasteiger partial charge in [0.2, 0.25) is 0 Å². The van der Waals surface area contributed by atoms with Crippen LogP contribution in [0.4, 0.5) is 0 Å². The first kappa shape index (κ1) is 15.1. The molecule has 0 saturated carbocycles. The summed E-state index contributed by atoms with van der Waals surface area (Å²) in [5.74, 6) is -0.194. The monoisotopic (exact) mass is 294 g/mol. The molecule has 0 spiro atoms. The molecule has 1 aromatic rings. The summed E-state index contributed by atoms with van der Waals surface area (Å²) in [5, 5.41) is 10.4. The normalized spacial score (nSPS) is 7.27. The van der Waals surface area contributed by atoms with Crippen molar-refractivity contribution >= 4 is 6.29 Å². The minimum atomic E-state index is -0.194. The van der Waals surface area contributed by atoms with Crippen LogP contribution in [0, 0.1) is 6.07 Å². The predicted molar refractivity (Wildman–Crippen MR) is 30.1 cm³/mol. The van der Waals surface area contributed by atoms with Gasteiger partial charge in [-0.15, -0.1) is 0 Å². The minimum Gasteiger partial charge on any atom is -0.891 e. The molecule has 0 bridgehead atoms. The Labute approximate surface area is 139 Å². The molecule has 0 aliphatic rings. The molecule has 0 amide bonds. The summed E-state index contributed by atoms with van der Waals surface area (Å²) in [6.45, 7) is 0. The average Bonchev–Trinajstić information content (AvgIpc) is 1.90. The van der Waals surface area contributed by atoms with E-state index in [1.165, 1.54) is 18.2 Å². The van der Waals surface area contributed by atoms with Crippen molar-refractivity contribution in [2.45, 2.75) is 0 Å². The van der Waals surface area contributed by atoms with Crippen molar-refractivity contribution in [2.75, 3.05) is 0 Å². The fourth-order valence-electron chi connectivity index (χ4n) is 0.496. The maximum Gasteiger partial charge on any atom is 1.00 e. The molecule has 0 unspecified atom stereocenters. The molecule has 0 heterocycles. The van der Waals surface area contributed by atoms with Gasteiger partial charge in [0.1, 0.15) is 0 Å². The van der Waals surface area contributed by atoms with Gasteiger partial charge in [-0.2, -0.15) is 24.3 Å². The summed E-state index contributed by atoms with van der Waals surface area (Å²) in [4.78, 5) is 10.00. The molecule has 0 N–H and O–H groups in total. The maximum atomic E-state index is 10.4. The zero-order valence-electron chi connectivity index (χ0n) is 6.20. The first-order valence-electron chi connectivity index (χ1n) is 2.47. The average molecular weight is 294 g/mol. The number of carbonyl (C=O) groups is 1. The van der Waals surface area contributed by atoms with Crippen molar-refractivity contribution in [1.29, 1.82) is 0 Å². The van der Waals surface area contributed by atoms with Gasteiger partial charge >= 0.3 is 58.2 Å². The van der Waals surface area contributed by atoms with Crippen molar-refractivity contribution in [1.82, 2.24) is 0 Å². The van der Waals surface area contributed by atoms with Crippen molar-refractivity contribution < 1.29 is 101 Å². The third-order valence-corrected chi connectivity index (χ3v) is 0.944. The van der Waals surface area contributed by atoms with Gasteiger partial charge in [0.05, 0.1) is 6.29 Å². The Morgan fingerprint density at radius 3 is 2.45 bits per heavy atom. The van der Waals surface area contributed by atoms with Crippen LogP contribution in [0.2, 0.25) is 0 Å². The number of aldehydes is 1. The van der Waals surface area contributed by atoms with Gasteiger partial charge in [-0.1, -0.05) is 5.56 Å². The second kappa shape index (κ2) is 8.21. The van der Waals surface area contributed by atoms with Gasteiger partial charge in [0, 0.05) is 32.7 Å². The Bertz CT molecular complexity index is 210. The molecular weight excluding hydrogens is 290 g/mol. The summed E-state index contributed by atoms with van der Waals surface area (Å²) >= 11 is 0. The second-order valence-electron chi connectivity index (χ2n) is 1.60. The quantitative estimate of drug-likeness (QED) is 0.420. The summed E-state index contributed by atoms with van der Waals surface area (Å²) in [6, 6.07) is 6.51. The second-order valence-corrected chi connectivity index (χ2v) is 1.60. The van der Waals surface area contributed by atoms with Crippen molar-refractivity contribution in [3.63, 3.8) is 0 Å². The van der Waals surface area contributed by atoms with E-state index in [0.29, 0.717) is 11.8 Å². The van der Waals surface area contributed by atoms with Gasteiger partial charge in [-0.25, -0.2) is 5.75 Å². The molecule has 0 aliphatic heterocycles. The largest absolute Gasteiger partial charge is 1.00 e. The van der Waals surface area contributed by atoms with Crippen molar-refractivity contribution in [3.8, 4) is 5.75 Å². The number of hydrogen-bond donors (Lipinski definition) is 0. The first-order chi connectivity index (χ1) is 4.33. The van der Waals surface area contributed by atoms with Crippen LogP contribution in [0.3, 0.4) is 0 Å². The van der Waals surface area contributed by atoms with E-state index in [-0.39, 0.29) is 96.6 Å². The van der Waals surface area contributed by atoms with Crippen LogP contribution < -0.4 is 63.3 Å². The molecule has 1 rings (SSSR count). The van der Waals surface area contributed by atoms with Crippen LogP contribution in [0.15, 0.2) is 18.2 Å². The Balaban J connectivity index is 0. The molecular formula is C7H4O2RbY-. The third kappa shape index (κ3) is 5.78. The van der Waals surface area contributed by atoms with Gasteiger partial charge in [0.15, 0.2) is 0 Å². The molecule has 4 heteroatoms. The fourth-order valence-corrected chi connectivity index (χ4v) is 0.496. The minimum absolute atomic E-state index is 0. The van der Waals surface area contributed by atoms with E-state index in [1.807, 2.05) is 0 Å². The van der Waals surface area contributed by atoms with E-state index in [4.69, 9.17) is 0 Å². The SMILES string of the molecule is O=Cc1c[c-]c([O-])cc1.[Rb+].[Y]. The Kier molecular flexibility index (Phi) is 11.3. The Hall–Kier alpha value is 1.60. The number of hydrogen-bond acceptors (Lipinski definition) is 2. The molecule has 2 nitrogen and oxygen atoms in total. The van der Waals surface area contributed by atoms with E-state index in [9.17, 15) is 9.90 Å². The standard InChI is InChI=1S/C7H5O2.Rb.Y/c8-5-6-1-3-7(9)4-2-6;;/h1-3,5,9H;;/q-1;+1;/p-1. The molecule has 0 fully saturated rings. The smallest absolute Gasteiger partial charge is 0.891 e. The summed E-state index contributed by atoms with van der Waals surface area (Å²) in [7, 11) is 0. The topological polar surface area (TPSA) is 40.1 Å². The molecule has 0 atom stereocenters. The molecule has 1 radical (unpaired) electrons. The molecule has 0 saturated heterocycles. The zero-order valence-corrected chi connectivity index (χ0v) is 14.0. The molecule has 0 aliphatic carbocycles. The first-order valence-corrected chi connectivity index (χ1v) is 2.47. The Morgan fingerprint density at radius 2 is 2.09 bits per heavy atom. The van der Waals surface area contributed by atoms with E-state index >= 15 is 0 Å². The van der Waals surface area contributed by atoms with Crippen LogP contribution in [0.25, 0.3) is 0 Å². The van der Waals surface area contributed by atoms with E-state index in [0.717, 1.165) is 0 Å². The maximum absolute atomic E-state index is 10.4. The molecule has 11 heavy (non-hydrogen) atoms. The van der Waals surface area contributed by atoms with Gasteiger partial charge in [-0.3, -0.25) is 0 Å². The number of rotatable bonds is 1. The predicted octanol–water partition coefficient (Wildman–Crippen LogP) is -2.63. The molecule has 1 aromatic carbocycles. The van der Waals surface area contributed by atoms with Crippen molar-refractivity contribution in [2.24, 2.45) is 0 Å². The fraction of sp³-hybridized carbons (Fsp3) is 0. The third-order valence-electron chi connectivity index (χ3n) is 0.944. The van der Waals surface area contributed by atoms with Gasteiger partial charge in [0.25, 0.3) is 0 Å². The van der Waals surface area contributed by atoms with Crippen LogP contribution in [0.1, 0.15) is 10.4 Å². The van der Waals surface area contributed by atoms with Crippen LogP contribution in [0.5, 0.6) is 5.75 Å². The van der Waals surface area contributed by atoms with Gasteiger partial charge < -0.3 is 9.90 Å². The summed E-state index contributed by atoms with van der Waals surface area (Å²) in [6.07, 6.45) is 0.677. The van der Waals surface area contributed by atoms with Gasteiger partial charge in [-0.05, 0) is 0 Å². The van der Waals surface area contributed by atoms with E-state index in [2.05, 4.69) is 6.07 Å². The van der Waals surface area contributed by atoms with Crippen LogP contribution >= 0.6 is 0 Å². The number of benzene rings is 1. The van der Waals surface area contributed by atoms with E-state index < -0.39 is 0 Å². The number of carbonyl (C=O) groups excluding carboxylic acids is 1. The molecule has 49 valence electrons. The Morgan fingerprint density at radius 1 is 1.45 bits per heavy atom. The van der Waals surface area contributed by atoms with E-state index in [1.54, 1.807) is 0 Å². The summed E-state index contributed by atoms with van der Waals surface area (Å²) in [5.41, 5.74) is 0.481. The summed E-state index contributed by atoms with van der Waals surface area (Å²) < 4.78 is 0. The van der Waals surface area contributed by atoms with Crippen LogP contribution in [-0.2, 0) is 32.7 Å². The zero-order chi connectivity index (χ0) is 6.69. The molecule has 0 aromatic heterocycles. The van der Waals surface area contributed by atoms with Crippen LogP contribution in [-0.4, -0.2) is 6.29 Å². The van der Waals surface area contributed by atoms with Crippen molar-refractivity contribution in [3.05, 3.63) is 29.8 Å².